The van der Waals surface area contributed by atoms with Crippen LogP contribution >= 0.6 is 20.2 Å². The quantitative estimate of drug-likeness (QED) is 0.624. The zero-order valence-electron chi connectivity index (χ0n) is 12.1. The van der Waals surface area contributed by atoms with E-state index < -0.39 is 0 Å². The molecule has 0 fully saturated rings. The number of methoxy groups -OCH3 is 2. The van der Waals surface area contributed by atoms with Gasteiger partial charge in [0, 0.05) is 0 Å². The molecule has 0 aliphatic rings. The summed E-state index contributed by atoms with van der Waals surface area (Å²) in [6.07, 6.45) is 0. The Bertz CT molecular complexity index is 676. The van der Waals surface area contributed by atoms with Crippen molar-refractivity contribution >= 4 is 49.9 Å². The van der Waals surface area contributed by atoms with Crippen LogP contribution in [0.4, 0.5) is 0 Å². The molecule has 0 heterocycles. The van der Waals surface area contributed by atoms with Gasteiger partial charge in [-0.05, 0) is 50.6 Å². The van der Waals surface area contributed by atoms with E-state index in [0.29, 0.717) is 16.3 Å². The first kappa shape index (κ1) is 19.1. The second-order valence-electron chi connectivity index (χ2n) is 4.45. The summed E-state index contributed by atoms with van der Waals surface area (Å²) < 4.78 is 10.4. The number of halogens is 1. The van der Waals surface area contributed by atoms with Gasteiger partial charge in [-0.25, -0.2) is 0 Å². The molecule has 0 bridgehead atoms. The van der Waals surface area contributed by atoms with Crippen molar-refractivity contribution in [3.8, 4) is 11.5 Å². The van der Waals surface area contributed by atoms with Gasteiger partial charge in [-0.3, -0.25) is 4.79 Å². The van der Waals surface area contributed by atoms with Crippen molar-refractivity contribution in [1.29, 1.82) is 0 Å². The van der Waals surface area contributed by atoms with Crippen molar-refractivity contribution < 1.29 is 14.3 Å². The monoisotopic (exact) mass is 330 g/mol. The van der Waals surface area contributed by atoms with Gasteiger partial charge in [0.05, 0.1) is 24.8 Å². The molecule has 112 valence electrons. The third-order valence-corrected chi connectivity index (χ3v) is 4.73. The summed E-state index contributed by atoms with van der Waals surface area (Å²) in [7, 11) is 3.14. The van der Waals surface area contributed by atoms with Gasteiger partial charge in [-0.2, -0.15) is 0 Å². The van der Waals surface area contributed by atoms with E-state index in [-0.39, 0.29) is 33.0 Å². The molecule has 0 aromatic heterocycles. The number of carbonyl (C=O) groups excluding carboxylic acids is 1. The van der Waals surface area contributed by atoms with Crippen LogP contribution < -0.4 is 14.8 Å². The Morgan fingerprint density at radius 3 is 2.45 bits per heavy atom. The van der Waals surface area contributed by atoms with E-state index in [2.05, 4.69) is 0 Å². The number of carbonyl (C=O) groups is 1. The number of benzene rings is 2. The van der Waals surface area contributed by atoms with Crippen molar-refractivity contribution in [2.75, 3.05) is 14.2 Å². The fraction of sp³-hybridized carbons (Fsp3) is 0.188. The van der Waals surface area contributed by atoms with Gasteiger partial charge in [-0.15, -0.1) is 0 Å². The minimum atomic E-state index is -0.0364. The van der Waals surface area contributed by atoms with Gasteiger partial charge in [0.25, 0.3) is 0 Å². The van der Waals surface area contributed by atoms with Crippen LogP contribution in [0.3, 0.4) is 0 Å². The third kappa shape index (κ3) is 4.28. The van der Waals surface area contributed by atoms with E-state index in [1.807, 2.05) is 25.1 Å². The maximum absolute atomic E-state index is 12.5. The zero-order chi connectivity index (χ0) is 15.4. The minimum absolute atomic E-state index is 0. The maximum atomic E-state index is 12.5. The summed E-state index contributed by atoms with van der Waals surface area (Å²) in [5.41, 5.74) is 1.42. The number of hydrogen-bond donors (Lipinski definition) is 0. The van der Waals surface area contributed by atoms with E-state index in [9.17, 15) is 4.79 Å². The standard InChI is InChI=1S/C16H16ClO3P.Li.H/c1-10-9-11(19-2)7-8-14(10)21-16(18)15-12(17)5-4-6-13(15)20-3;;/h4-9,21H,1-3H3;;. The number of ether oxygens (including phenoxy) is 2. The average Bonchev–Trinajstić information content (AvgIpc) is 2.48. The van der Waals surface area contributed by atoms with Crippen molar-refractivity contribution in [3.05, 3.63) is 52.5 Å². The summed E-state index contributed by atoms with van der Waals surface area (Å²) in [5.74, 6) is 1.29. The molecule has 22 heavy (non-hydrogen) atoms. The van der Waals surface area contributed by atoms with Gasteiger partial charge in [0.2, 0.25) is 0 Å². The first-order valence-electron chi connectivity index (χ1n) is 6.35. The van der Waals surface area contributed by atoms with Crippen LogP contribution in [0.5, 0.6) is 11.5 Å². The molecule has 2 aromatic rings. The molecule has 3 nitrogen and oxygen atoms in total. The fourth-order valence-electron chi connectivity index (χ4n) is 1.98. The topological polar surface area (TPSA) is 35.5 Å². The van der Waals surface area contributed by atoms with Crippen LogP contribution in [0, 0.1) is 6.92 Å². The molecule has 0 radical (unpaired) electrons. The third-order valence-electron chi connectivity index (χ3n) is 3.10. The van der Waals surface area contributed by atoms with E-state index in [1.165, 1.54) is 7.11 Å². The summed E-state index contributed by atoms with van der Waals surface area (Å²) in [6.45, 7) is 1.96. The first-order chi connectivity index (χ1) is 10.1. The van der Waals surface area contributed by atoms with Crippen molar-refractivity contribution in [2.45, 2.75) is 6.92 Å². The Balaban J connectivity index is 0.00000242. The molecule has 0 spiro atoms. The van der Waals surface area contributed by atoms with Gasteiger partial charge < -0.3 is 9.47 Å². The molecule has 6 heteroatoms. The summed E-state index contributed by atoms with van der Waals surface area (Å²) >= 11 is 6.14. The molecule has 0 aliphatic carbocycles. The molecule has 0 saturated heterocycles. The molecule has 0 N–H and O–H groups in total. The number of hydrogen-bond acceptors (Lipinski definition) is 3. The molecule has 0 amide bonds. The van der Waals surface area contributed by atoms with Gasteiger partial charge in [-0.1, -0.05) is 23.7 Å². The van der Waals surface area contributed by atoms with Crippen molar-refractivity contribution in [3.63, 3.8) is 0 Å². The van der Waals surface area contributed by atoms with Crippen molar-refractivity contribution in [2.24, 2.45) is 0 Å². The van der Waals surface area contributed by atoms with Crippen LogP contribution in [0.15, 0.2) is 36.4 Å². The van der Waals surface area contributed by atoms with E-state index >= 15 is 0 Å². The summed E-state index contributed by atoms with van der Waals surface area (Å²) in [4.78, 5) is 12.5. The van der Waals surface area contributed by atoms with Gasteiger partial charge in [0.15, 0.2) is 5.52 Å². The molecular formula is C16H17ClLiO3P. The van der Waals surface area contributed by atoms with Crippen LogP contribution in [0.25, 0.3) is 0 Å². The molecular weight excluding hydrogens is 314 g/mol. The van der Waals surface area contributed by atoms with E-state index in [4.69, 9.17) is 21.1 Å². The first-order valence-corrected chi connectivity index (χ1v) is 7.73. The van der Waals surface area contributed by atoms with Gasteiger partial charge >= 0.3 is 18.9 Å². The van der Waals surface area contributed by atoms with Crippen molar-refractivity contribution in [1.82, 2.24) is 0 Å². The number of rotatable bonds is 5. The Kier molecular flexibility index (Phi) is 7.46. The predicted octanol–water partition coefficient (Wildman–Crippen LogP) is 3.16. The van der Waals surface area contributed by atoms with E-state index in [1.54, 1.807) is 25.3 Å². The molecule has 2 rings (SSSR count). The Labute approximate surface area is 149 Å². The second kappa shape index (κ2) is 8.61. The Hall–Kier alpha value is -0.973. The van der Waals surface area contributed by atoms with Gasteiger partial charge in [0.1, 0.15) is 11.5 Å². The average molecular weight is 331 g/mol. The predicted molar refractivity (Wildman–Crippen MR) is 95.2 cm³/mol. The molecule has 1 atom stereocenters. The normalized spacial score (nSPS) is 10.4. The molecule has 2 aromatic carbocycles. The second-order valence-corrected chi connectivity index (χ2v) is 6.10. The summed E-state index contributed by atoms with van der Waals surface area (Å²) in [5, 5.41) is 1.39. The van der Waals surface area contributed by atoms with Crippen LogP contribution in [0.2, 0.25) is 5.02 Å². The summed E-state index contributed by atoms with van der Waals surface area (Å²) in [6, 6.07) is 10.9. The van der Waals surface area contributed by atoms with Crippen LogP contribution in [0.1, 0.15) is 15.9 Å². The Morgan fingerprint density at radius 1 is 1.14 bits per heavy atom. The molecule has 0 aliphatic heterocycles. The molecule has 0 saturated carbocycles. The van der Waals surface area contributed by atoms with Crippen LogP contribution in [-0.4, -0.2) is 38.6 Å². The zero-order valence-corrected chi connectivity index (χ0v) is 13.8. The SMILES string of the molecule is COc1ccc(PC(=O)c2c(Cl)cccc2OC)c(C)c1.[LiH]. The fourth-order valence-corrected chi connectivity index (χ4v) is 3.38. The molecule has 1 unspecified atom stereocenters. The van der Waals surface area contributed by atoms with Crippen LogP contribution in [-0.2, 0) is 0 Å². The number of aryl methyl sites for hydroxylation is 1. The Morgan fingerprint density at radius 2 is 1.86 bits per heavy atom. The van der Waals surface area contributed by atoms with E-state index in [0.717, 1.165) is 16.6 Å².